The minimum atomic E-state index is -3.90. The molecule has 6 nitrogen and oxygen atoms in total. The first-order valence-corrected chi connectivity index (χ1v) is 11.7. The van der Waals surface area contributed by atoms with Gasteiger partial charge in [0.25, 0.3) is 0 Å². The van der Waals surface area contributed by atoms with Gasteiger partial charge in [0.15, 0.2) is 0 Å². The van der Waals surface area contributed by atoms with Crippen LogP contribution in [0, 0.1) is 6.92 Å². The number of nitrogens with one attached hydrogen (secondary N) is 1. The summed E-state index contributed by atoms with van der Waals surface area (Å²) in [6, 6.07) is 10.1. The molecule has 0 aliphatic carbocycles. The number of sulfonamides is 1. The minimum Gasteiger partial charge on any atom is -0.492 e. The van der Waals surface area contributed by atoms with Gasteiger partial charge in [0.2, 0.25) is 15.9 Å². The molecule has 0 aromatic heterocycles. The number of carbonyl (C=O) groups is 1. The van der Waals surface area contributed by atoms with Crippen LogP contribution in [0.5, 0.6) is 5.75 Å². The van der Waals surface area contributed by atoms with Gasteiger partial charge in [-0.1, -0.05) is 50.6 Å². The fraction of sp³-hybridized carbons (Fsp3) is 0.409. The number of ether oxygens (including phenoxy) is 1. The van der Waals surface area contributed by atoms with E-state index in [2.05, 4.69) is 5.32 Å². The molecule has 8 heteroatoms. The molecule has 1 amide bonds. The van der Waals surface area contributed by atoms with Crippen molar-refractivity contribution in [1.82, 2.24) is 4.31 Å². The van der Waals surface area contributed by atoms with Gasteiger partial charge in [-0.15, -0.1) is 0 Å². The number of hydrogen-bond donors (Lipinski definition) is 1. The summed E-state index contributed by atoms with van der Waals surface area (Å²) >= 11 is 6.15. The Bertz CT molecular complexity index is 1010. The van der Waals surface area contributed by atoms with Crippen molar-refractivity contribution in [3.05, 3.63) is 52.5 Å². The molecule has 0 heterocycles. The summed E-state index contributed by atoms with van der Waals surface area (Å²) in [5.74, 6) is 0.241. The van der Waals surface area contributed by atoms with Crippen molar-refractivity contribution in [2.75, 3.05) is 25.0 Å². The van der Waals surface area contributed by atoms with Gasteiger partial charge in [-0.2, -0.15) is 4.31 Å². The lowest BCUT2D eigenvalue weighted by Crippen LogP contribution is -2.38. The summed E-state index contributed by atoms with van der Waals surface area (Å²) in [5.41, 5.74) is 2.67. The van der Waals surface area contributed by atoms with E-state index in [0.29, 0.717) is 12.4 Å². The molecule has 0 aliphatic heterocycles. The molecule has 0 saturated heterocycles. The van der Waals surface area contributed by atoms with Gasteiger partial charge in [-0.3, -0.25) is 4.79 Å². The fourth-order valence-electron chi connectivity index (χ4n) is 3.11. The number of amides is 1. The lowest BCUT2D eigenvalue weighted by molar-refractivity contribution is -0.116. The highest BCUT2D eigenvalue weighted by molar-refractivity contribution is 7.89. The van der Waals surface area contributed by atoms with E-state index in [1.807, 2.05) is 45.9 Å². The van der Waals surface area contributed by atoms with Crippen molar-refractivity contribution in [3.63, 3.8) is 0 Å². The van der Waals surface area contributed by atoms with Crippen molar-refractivity contribution < 1.29 is 17.9 Å². The zero-order chi connectivity index (χ0) is 22.5. The molecule has 0 radical (unpaired) electrons. The highest BCUT2D eigenvalue weighted by Crippen LogP contribution is 2.29. The molecule has 164 valence electrons. The molecule has 2 aromatic rings. The molecular weight excluding hydrogens is 424 g/mol. The van der Waals surface area contributed by atoms with Crippen molar-refractivity contribution in [2.45, 2.75) is 45.4 Å². The molecule has 0 spiro atoms. The Labute approximate surface area is 184 Å². The van der Waals surface area contributed by atoms with E-state index in [9.17, 15) is 13.2 Å². The van der Waals surface area contributed by atoms with E-state index >= 15 is 0 Å². The number of likely N-dealkylation sites (N-methyl/N-ethyl adjacent to an activating group) is 1. The van der Waals surface area contributed by atoms with Gasteiger partial charge < -0.3 is 10.1 Å². The number of carbonyl (C=O) groups excluding carboxylic acids is 1. The zero-order valence-electron chi connectivity index (χ0n) is 18.0. The maximum absolute atomic E-state index is 13.1. The first-order chi connectivity index (χ1) is 14.1. The number of anilines is 1. The monoisotopic (exact) mass is 452 g/mol. The minimum absolute atomic E-state index is 0.0179. The lowest BCUT2D eigenvalue weighted by atomic mass is 9.98. The molecule has 0 aliphatic rings. The second kappa shape index (κ2) is 10.3. The third-order valence-corrected chi connectivity index (χ3v) is 6.92. The van der Waals surface area contributed by atoms with Crippen LogP contribution in [0.25, 0.3) is 0 Å². The molecular formula is C22H29ClN2O4S. The maximum atomic E-state index is 13.1. The summed E-state index contributed by atoms with van der Waals surface area (Å²) in [5, 5.41) is 3.10. The van der Waals surface area contributed by atoms with Crippen LogP contribution >= 0.6 is 11.6 Å². The quantitative estimate of drug-likeness (QED) is 0.591. The Morgan fingerprint density at radius 2 is 1.90 bits per heavy atom. The average molecular weight is 453 g/mol. The third kappa shape index (κ3) is 5.53. The number of nitrogens with zero attached hydrogens (tertiary/aromatic N) is 1. The van der Waals surface area contributed by atoms with Crippen LogP contribution < -0.4 is 10.1 Å². The SMILES string of the molecule is CCOc1ccc(S(=O)(=O)N(CC)CC(=O)Nc2c(C)cccc2C(C)C)cc1Cl. The van der Waals surface area contributed by atoms with E-state index in [4.69, 9.17) is 16.3 Å². The number of aryl methyl sites for hydroxylation is 1. The fourth-order valence-corrected chi connectivity index (χ4v) is 4.84. The molecule has 0 atom stereocenters. The third-order valence-electron chi connectivity index (χ3n) is 4.71. The molecule has 0 saturated carbocycles. The van der Waals surface area contributed by atoms with Gasteiger partial charge in [0.05, 0.1) is 23.1 Å². The van der Waals surface area contributed by atoms with Crippen LogP contribution in [-0.2, 0) is 14.8 Å². The van der Waals surface area contributed by atoms with Crippen LogP contribution in [0.2, 0.25) is 5.02 Å². The Morgan fingerprint density at radius 1 is 1.20 bits per heavy atom. The smallest absolute Gasteiger partial charge is 0.243 e. The Kier molecular flexibility index (Phi) is 8.29. The maximum Gasteiger partial charge on any atom is 0.243 e. The Balaban J connectivity index is 2.24. The van der Waals surface area contributed by atoms with E-state index in [1.165, 1.54) is 18.2 Å². The first-order valence-electron chi connectivity index (χ1n) is 9.93. The summed E-state index contributed by atoms with van der Waals surface area (Å²) in [4.78, 5) is 12.7. The lowest BCUT2D eigenvalue weighted by Gasteiger charge is -2.22. The van der Waals surface area contributed by atoms with Gasteiger partial charge in [-0.25, -0.2) is 8.42 Å². The Hall–Kier alpha value is -2.09. The molecule has 0 bridgehead atoms. The predicted octanol–water partition coefficient (Wildman–Crippen LogP) is 4.82. The number of para-hydroxylation sites is 1. The summed E-state index contributed by atoms with van der Waals surface area (Å²) in [7, 11) is -3.90. The zero-order valence-corrected chi connectivity index (χ0v) is 19.6. The molecule has 2 rings (SSSR count). The largest absolute Gasteiger partial charge is 0.492 e. The van der Waals surface area contributed by atoms with Crippen LogP contribution in [0.4, 0.5) is 5.69 Å². The van der Waals surface area contributed by atoms with Crippen molar-refractivity contribution in [1.29, 1.82) is 0 Å². The van der Waals surface area contributed by atoms with Crippen molar-refractivity contribution in [3.8, 4) is 5.75 Å². The second-order valence-electron chi connectivity index (χ2n) is 7.20. The van der Waals surface area contributed by atoms with E-state index in [1.54, 1.807) is 6.92 Å². The van der Waals surface area contributed by atoms with Gasteiger partial charge >= 0.3 is 0 Å². The van der Waals surface area contributed by atoms with Gasteiger partial charge in [0.1, 0.15) is 5.75 Å². The second-order valence-corrected chi connectivity index (χ2v) is 9.54. The molecule has 0 fully saturated rings. The highest BCUT2D eigenvalue weighted by atomic mass is 35.5. The number of rotatable bonds is 9. The van der Waals surface area contributed by atoms with E-state index in [0.717, 1.165) is 21.1 Å². The number of halogens is 1. The van der Waals surface area contributed by atoms with Crippen LogP contribution in [0.15, 0.2) is 41.3 Å². The van der Waals surface area contributed by atoms with Gasteiger partial charge in [0, 0.05) is 12.2 Å². The van der Waals surface area contributed by atoms with E-state index in [-0.39, 0.29) is 28.9 Å². The normalized spacial score (nSPS) is 11.7. The molecule has 0 unspecified atom stereocenters. The summed E-state index contributed by atoms with van der Waals surface area (Å²) in [6.07, 6.45) is 0. The highest BCUT2D eigenvalue weighted by Gasteiger charge is 2.26. The topological polar surface area (TPSA) is 75.7 Å². The van der Waals surface area contributed by atoms with Crippen LogP contribution in [-0.4, -0.2) is 38.3 Å². The van der Waals surface area contributed by atoms with Gasteiger partial charge in [-0.05, 0) is 49.1 Å². The van der Waals surface area contributed by atoms with E-state index < -0.39 is 15.9 Å². The Morgan fingerprint density at radius 3 is 2.47 bits per heavy atom. The van der Waals surface area contributed by atoms with Crippen LogP contribution in [0.3, 0.4) is 0 Å². The standard InChI is InChI=1S/C22H29ClN2O4S/c1-6-25(30(27,28)17-11-12-20(29-7-2)19(23)13-17)14-21(26)24-22-16(5)9-8-10-18(22)15(3)4/h8-13,15H,6-7,14H2,1-5H3,(H,24,26). The summed E-state index contributed by atoms with van der Waals surface area (Å²) < 4.78 is 32.6. The number of hydrogen-bond acceptors (Lipinski definition) is 4. The van der Waals surface area contributed by atoms with Crippen molar-refractivity contribution >= 4 is 33.2 Å². The first kappa shape index (κ1) is 24.2. The van der Waals surface area contributed by atoms with Crippen LogP contribution in [0.1, 0.15) is 44.7 Å². The van der Waals surface area contributed by atoms with Crippen molar-refractivity contribution in [2.24, 2.45) is 0 Å². The average Bonchev–Trinajstić information content (AvgIpc) is 2.68. The molecule has 30 heavy (non-hydrogen) atoms. The molecule has 2 aromatic carbocycles. The summed E-state index contributed by atoms with van der Waals surface area (Å²) in [6.45, 7) is 9.78. The molecule has 1 N–H and O–H groups in total. The predicted molar refractivity (Wildman–Crippen MR) is 121 cm³/mol. The number of benzene rings is 2.